The van der Waals surface area contributed by atoms with E-state index in [0.717, 1.165) is 18.7 Å². The first-order valence-corrected chi connectivity index (χ1v) is 11.4. The zero-order chi connectivity index (χ0) is 17.1. The Kier molecular flexibility index (Phi) is 5.86. The van der Waals surface area contributed by atoms with Gasteiger partial charge in [0.2, 0.25) is 0 Å². The molecule has 5 nitrogen and oxygen atoms in total. The maximum atomic E-state index is 12.6. The minimum atomic E-state index is -3.66. The van der Waals surface area contributed by atoms with Crippen LogP contribution < -0.4 is 0 Å². The van der Waals surface area contributed by atoms with Crippen LogP contribution in [0.2, 0.25) is 0 Å². The van der Waals surface area contributed by atoms with Gasteiger partial charge in [-0.2, -0.15) is 0 Å². The molecule has 130 valence electrons. The van der Waals surface area contributed by atoms with Gasteiger partial charge in [0.1, 0.15) is 0 Å². The molecule has 1 saturated heterocycles. The molecule has 2 rings (SSSR count). The van der Waals surface area contributed by atoms with Gasteiger partial charge in [0.25, 0.3) is 0 Å². The summed E-state index contributed by atoms with van der Waals surface area (Å²) in [5, 5.41) is 0. The molecule has 0 saturated carbocycles. The standard InChI is InChI=1S/C16H25NO4S2/c1-3-17(4-2)11-10-16-22(18,19)12-15(13-23(16,20)21)14-8-6-5-7-9-14/h5-9,15-16H,3-4,10-13H2,1-2H3. The lowest BCUT2D eigenvalue weighted by Gasteiger charge is -2.30. The SMILES string of the molecule is CCN(CC)CCC1S(=O)(=O)CC(c2ccccc2)CS1(=O)=O. The Balaban J connectivity index is 2.21. The predicted molar refractivity (Wildman–Crippen MR) is 92.9 cm³/mol. The fourth-order valence-electron chi connectivity index (χ4n) is 3.15. The topological polar surface area (TPSA) is 71.5 Å². The first kappa shape index (κ1) is 18.4. The monoisotopic (exact) mass is 359 g/mol. The summed E-state index contributed by atoms with van der Waals surface area (Å²) in [5.41, 5.74) is 0.779. The van der Waals surface area contributed by atoms with Crippen molar-refractivity contribution in [3.8, 4) is 0 Å². The van der Waals surface area contributed by atoms with E-state index in [0.29, 0.717) is 6.54 Å². The van der Waals surface area contributed by atoms with E-state index in [2.05, 4.69) is 0 Å². The van der Waals surface area contributed by atoms with Crippen LogP contribution in [0.3, 0.4) is 0 Å². The molecule has 23 heavy (non-hydrogen) atoms. The average molecular weight is 360 g/mol. The average Bonchev–Trinajstić information content (AvgIpc) is 2.50. The van der Waals surface area contributed by atoms with E-state index in [1.165, 1.54) is 0 Å². The molecule has 0 amide bonds. The lowest BCUT2D eigenvalue weighted by Crippen LogP contribution is -2.44. The summed E-state index contributed by atoms with van der Waals surface area (Å²) < 4.78 is 49.0. The van der Waals surface area contributed by atoms with Gasteiger partial charge in [0.05, 0.1) is 11.5 Å². The molecular weight excluding hydrogens is 334 g/mol. The summed E-state index contributed by atoms with van der Waals surface area (Å²) in [4.78, 5) is 2.05. The van der Waals surface area contributed by atoms with Crippen LogP contribution in [-0.4, -0.2) is 57.5 Å². The zero-order valence-corrected chi connectivity index (χ0v) is 15.3. The van der Waals surface area contributed by atoms with Crippen LogP contribution in [0, 0.1) is 0 Å². The van der Waals surface area contributed by atoms with Crippen molar-refractivity contribution in [2.75, 3.05) is 31.1 Å². The molecule has 1 aliphatic heterocycles. The molecule has 1 aromatic rings. The van der Waals surface area contributed by atoms with Gasteiger partial charge in [-0.25, -0.2) is 16.8 Å². The molecule has 0 aromatic heterocycles. The van der Waals surface area contributed by atoms with E-state index in [4.69, 9.17) is 0 Å². The van der Waals surface area contributed by atoms with Crippen molar-refractivity contribution in [3.63, 3.8) is 0 Å². The van der Waals surface area contributed by atoms with Gasteiger partial charge in [0, 0.05) is 12.5 Å². The van der Waals surface area contributed by atoms with Gasteiger partial charge in [-0.05, 0) is 25.1 Å². The summed E-state index contributed by atoms with van der Waals surface area (Å²) in [5.74, 6) is -0.630. The minimum absolute atomic E-state index is 0.0842. The largest absolute Gasteiger partial charge is 0.304 e. The van der Waals surface area contributed by atoms with Gasteiger partial charge in [-0.1, -0.05) is 44.2 Å². The third kappa shape index (κ3) is 4.33. The third-order valence-corrected chi connectivity index (χ3v) is 10.1. The highest BCUT2D eigenvalue weighted by atomic mass is 32.3. The molecule has 0 bridgehead atoms. The Morgan fingerprint density at radius 3 is 1.96 bits per heavy atom. The van der Waals surface area contributed by atoms with Crippen molar-refractivity contribution in [1.82, 2.24) is 4.90 Å². The lowest BCUT2D eigenvalue weighted by molar-refractivity contribution is 0.302. The van der Waals surface area contributed by atoms with Crippen molar-refractivity contribution in [2.45, 2.75) is 30.8 Å². The maximum absolute atomic E-state index is 12.6. The Morgan fingerprint density at radius 1 is 0.957 bits per heavy atom. The van der Waals surface area contributed by atoms with E-state index < -0.39 is 30.2 Å². The van der Waals surface area contributed by atoms with Crippen molar-refractivity contribution in [2.24, 2.45) is 0 Å². The first-order chi connectivity index (χ1) is 10.8. The highest BCUT2D eigenvalue weighted by Gasteiger charge is 2.45. The van der Waals surface area contributed by atoms with Gasteiger partial charge >= 0.3 is 0 Å². The molecule has 1 aromatic carbocycles. The molecule has 7 heteroatoms. The molecule has 1 heterocycles. The van der Waals surface area contributed by atoms with Gasteiger partial charge < -0.3 is 4.90 Å². The predicted octanol–water partition coefficient (Wildman–Crippen LogP) is 1.67. The van der Waals surface area contributed by atoms with Gasteiger partial charge in [-0.3, -0.25) is 0 Å². The number of nitrogens with zero attached hydrogens (tertiary/aromatic N) is 1. The number of hydrogen-bond acceptors (Lipinski definition) is 5. The van der Waals surface area contributed by atoms with Crippen LogP contribution in [-0.2, 0) is 19.7 Å². The fraction of sp³-hybridized carbons (Fsp3) is 0.625. The Labute approximate surface area is 139 Å². The van der Waals surface area contributed by atoms with E-state index in [-0.39, 0.29) is 17.9 Å². The third-order valence-electron chi connectivity index (χ3n) is 4.51. The van der Waals surface area contributed by atoms with Crippen molar-refractivity contribution >= 4 is 19.7 Å². The number of rotatable bonds is 6. The highest BCUT2D eigenvalue weighted by molar-refractivity contribution is 8.09. The van der Waals surface area contributed by atoms with Crippen LogP contribution in [0.25, 0.3) is 0 Å². The second-order valence-corrected chi connectivity index (χ2v) is 10.8. The van der Waals surface area contributed by atoms with E-state index >= 15 is 0 Å². The summed E-state index contributed by atoms with van der Waals surface area (Å²) in [6.07, 6.45) is 0.161. The van der Waals surface area contributed by atoms with Crippen LogP contribution >= 0.6 is 0 Å². The molecule has 0 spiro atoms. The van der Waals surface area contributed by atoms with Crippen LogP contribution in [0.4, 0.5) is 0 Å². The molecule has 0 atom stereocenters. The van der Waals surface area contributed by atoms with Crippen molar-refractivity contribution in [1.29, 1.82) is 0 Å². The van der Waals surface area contributed by atoms with E-state index in [9.17, 15) is 16.8 Å². The number of hydrogen-bond donors (Lipinski definition) is 0. The fourth-order valence-corrected chi connectivity index (χ4v) is 8.66. The Morgan fingerprint density at radius 2 is 1.48 bits per heavy atom. The highest BCUT2D eigenvalue weighted by Crippen LogP contribution is 2.32. The maximum Gasteiger partial charge on any atom is 0.168 e. The molecule has 1 aliphatic rings. The second kappa shape index (κ2) is 7.32. The normalized spacial score (nSPS) is 26.2. The first-order valence-electron chi connectivity index (χ1n) is 8.00. The Hall–Kier alpha value is -0.920. The van der Waals surface area contributed by atoms with Gasteiger partial charge in [0.15, 0.2) is 24.3 Å². The summed E-state index contributed by atoms with van der Waals surface area (Å²) in [6, 6.07) is 9.04. The second-order valence-electron chi connectivity index (χ2n) is 6.01. The van der Waals surface area contributed by atoms with Crippen LogP contribution in [0.5, 0.6) is 0 Å². The van der Waals surface area contributed by atoms with Crippen LogP contribution in [0.15, 0.2) is 30.3 Å². The van der Waals surface area contributed by atoms with Crippen molar-refractivity contribution in [3.05, 3.63) is 35.9 Å². The zero-order valence-electron chi connectivity index (χ0n) is 13.7. The quantitative estimate of drug-likeness (QED) is 0.773. The molecule has 1 fully saturated rings. The molecule has 0 unspecified atom stereocenters. The molecule has 0 N–H and O–H groups in total. The number of benzene rings is 1. The van der Waals surface area contributed by atoms with E-state index in [1.54, 1.807) is 24.3 Å². The summed E-state index contributed by atoms with van der Waals surface area (Å²) >= 11 is 0. The summed E-state index contributed by atoms with van der Waals surface area (Å²) in [6.45, 7) is 6.04. The summed E-state index contributed by atoms with van der Waals surface area (Å²) in [7, 11) is -7.31. The molecule has 0 aliphatic carbocycles. The number of sulfone groups is 2. The Bertz CT molecular complexity index is 674. The molecule has 0 radical (unpaired) electrons. The van der Waals surface area contributed by atoms with Crippen molar-refractivity contribution < 1.29 is 16.8 Å². The van der Waals surface area contributed by atoms with Crippen LogP contribution in [0.1, 0.15) is 31.7 Å². The van der Waals surface area contributed by atoms with Gasteiger partial charge in [-0.15, -0.1) is 0 Å². The minimum Gasteiger partial charge on any atom is -0.304 e. The smallest absolute Gasteiger partial charge is 0.168 e. The lowest BCUT2D eigenvalue weighted by atomic mass is 10.0. The van der Waals surface area contributed by atoms with E-state index in [1.807, 2.05) is 24.8 Å². The molecular formula is C16H25NO4S2.